The van der Waals surface area contributed by atoms with Crippen LogP contribution in [0.2, 0.25) is 0 Å². The number of benzene rings is 1. The number of nitrogens with zero attached hydrogens (tertiary/aromatic N) is 1. The molecule has 0 radical (unpaired) electrons. The number of carbonyl (C=O) groups is 3. The van der Waals surface area contributed by atoms with E-state index in [9.17, 15) is 19.5 Å². The maximum absolute atomic E-state index is 12.8. The van der Waals surface area contributed by atoms with E-state index in [-0.39, 0.29) is 22.7 Å². The van der Waals surface area contributed by atoms with Crippen LogP contribution in [-0.2, 0) is 14.4 Å². The van der Waals surface area contributed by atoms with Crippen LogP contribution in [0.5, 0.6) is 0 Å². The van der Waals surface area contributed by atoms with Crippen molar-refractivity contribution in [2.45, 2.75) is 47.1 Å². The summed E-state index contributed by atoms with van der Waals surface area (Å²) in [5, 5.41) is 9.37. The summed E-state index contributed by atoms with van der Waals surface area (Å²) in [5.74, 6) is -1.33. The van der Waals surface area contributed by atoms with Gasteiger partial charge in [0.15, 0.2) is 5.12 Å². The Labute approximate surface area is 161 Å². The van der Waals surface area contributed by atoms with E-state index >= 15 is 0 Å². The lowest BCUT2D eigenvalue weighted by atomic mass is 10.1. The van der Waals surface area contributed by atoms with Crippen LogP contribution in [0, 0.1) is 19.8 Å². The van der Waals surface area contributed by atoms with Crippen molar-refractivity contribution in [3.8, 4) is 0 Å². The molecule has 0 spiro atoms. The van der Waals surface area contributed by atoms with Gasteiger partial charge in [-0.25, -0.2) is 4.79 Å². The van der Waals surface area contributed by atoms with Gasteiger partial charge in [-0.15, -0.1) is 0 Å². The van der Waals surface area contributed by atoms with E-state index in [1.807, 2.05) is 39.8 Å². The van der Waals surface area contributed by atoms with Gasteiger partial charge < -0.3 is 5.11 Å². The number of rotatable bonds is 7. The Morgan fingerprint density at radius 2 is 1.80 bits per heavy atom. The molecule has 0 aliphatic rings. The number of carboxylic acid groups (broad SMARTS) is 1. The third kappa shape index (κ3) is 5.85. The number of carboxylic acids is 1. The highest BCUT2D eigenvalue weighted by Crippen LogP contribution is 2.32. The monoisotopic (exact) mass is 429 g/mol. The summed E-state index contributed by atoms with van der Waals surface area (Å²) in [5.41, 5.74) is 2.17. The van der Waals surface area contributed by atoms with Gasteiger partial charge >= 0.3 is 5.97 Å². The van der Waals surface area contributed by atoms with E-state index < -0.39 is 12.0 Å². The molecule has 7 heteroatoms. The number of amides is 1. The van der Waals surface area contributed by atoms with Gasteiger partial charge in [0.25, 0.3) is 0 Å². The van der Waals surface area contributed by atoms with E-state index in [1.165, 1.54) is 11.8 Å². The van der Waals surface area contributed by atoms with Gasteiger partial charge in [0.1, 0.15) is 6.04 Å². The minimum Gasteiger partial charge on any atom is -0.480 e. The first kappa shape index (κ1) is 21.7. The third-order valence-electron chi connectivity index (χ3n) is 3.75. The fraction of sp³-hybridized carbons (Fsp3) is 0.500. The quantitative estimate of drug-likeness (QED) is 0.703. The Hall–Kier alpha value is -1.34. The normalized spacial score (nSPS) is 12.1. The second kappa shape index (κ2) is 9.38. The molecule has 0 heterocycles. The number of hydrogen-bond donors (Lipinski definition) is 1. The van der Waals surface area contributed by atoms with Crippen molar-refractivity contribution < 1.29 is 19.5 Å². The number of carbonyl (C=O) groups excluding carboxylic acids is 2. The molecule has 1 amide bonds. The lowest BCUT2D eigenvalue weighted by Crippen LogP contribution is -2.45. The van der Waals surface area contributed by atoms with Gasteiger partial charge in [-0.3, -0.25) is 14.5 Å². The van der Waals surface area contributed by atoms with Crippen molar-refractivity contribution >= 4 is 50.4 Å². The zero-order valence-corrected chi connectivity index (χ0v) is 17.5. The molecule has 1 atom stereocenters. The summed E-state index contributed by atoms with van der Waals surface area (Å²) in [6.45, 7) is 9.01. The van der Waals surface area contributed by atoms with E-state index in [1.54, 1.807) is 0 Å². The molecule has 0 saturated heterocycles. The molecule has 0 aliphatic heterocycles. The summed E-state index contributed by atoms with van der Waals surface area (Å²) in [6, 6.07) is 2.67. The van der Waals surface area contributed by atoms with Gasteiger partial charge in [-0.05, 0) is 43.9 Å². The van der Waals surface area contributed by atoms with Gasteiger partial charge in [0, 0.05) is 10.9 Å². The number of aliphatic carboxylic acids is 1. The van der Waals surface area contributed by atoms with E-state index in [4.69, 9.17) is 0 Å². The van der Waals surface area contributed by atoms with Crippen molar-refractivity contribution in [2.24, 2.45) is 5.92 Å². The summed E-state index contributed by atoms with van der Waals surface area (Å²) < 4.78 is 0.798. The minimum atomic E-state index is -1.09. The smallest absolute Gasteiger partial charge is 0.326 e. The molecule has 1 aromatic carbocycles. The summed E-state index contributed by atoms with van der Waals surface area (Å²) in [4.78, 5) is 37.5. The van der Waals surface area contributed by atoms with Crippen molar-refractivity contribution in [1.82, 2.24) is 0 Å². The topological polar surface area (TPSA) is 74.7 Å². The predicted molar refractivity (Wildman–Crippen MR) is 105 cm³/mol. The summed E-state index contributed by atoms with van der Waals surface area (Å²) in [6.07, 6.45) is 0.390. The lowest BCUT2D eigenvalue weighted by molar-refractivity contribution is -0.139. The molecular weight excluding hydrogens is 406 g/mol. The maximum atomic E-state index is 12.8. The molecule has 0 aliphatic carbocycles. The van der Waals surface area contributed by atoms with Gasteiger partial charge in [0.05, 0.1) is 11.4 Å². The molecule has 25 heavy (non-hydrogen) atoms. The Morgan fingerprint density at radius 3 is 2.32 bits per heavy atom. The van der Waals surface area contributed by atoms with Crippen LogP contribution in [0.3, 0.4) is 0 Å². The second-order valence-electron chi connectivity index (χ2n) is 6.37. The van der Waals surface area contributed by atoms with Crippen molar-refractivity contribution in [3.05, 3.63) is 27.7 Å². The fourth-order valence-corrected chi connectivity index (χ4v) is 3.63. The largest absolute Gasteiger partial charge is 0.480 e. The van der Waals surface area contributed by atoms with Gasteiger partial charge in [-0.2, -0.15) is 0 Å². The molecule has 5 nitrogen and oxygen atoms in total. The molecule has 1 N–H and O–H groups in total. The summed E-state index contributed by atoms with van der Waals surface area (Å²) in [7, 11) is 0. The van der Waals surface area contributed by atoms with Crippen LogP contribution in [0.25, 0.3) is 0 Å². The Bertz CT molecular complexity index is 675. The highest BCUT2D eigenvalue weighted by atomic mass is 79.9. The van der Waals surface area contributed by atoms with Crippen LogP contribution in [-0.4, -0.2) is 33.9 Å². The lowest BCUT2D eigenvalue weighted by Gasteiger charge is -2.30. The van der Waals surface area contributed by atoms with Crippen LogP contribution in [0.4, 0.5) is 5.69 Å². The average Bonchev–Trinajstić information content (AvgIpc) is 2.51. The highest BCUT2D eigenvalue weighted by molar-refractivity contribution is 9.10. The molecule has 0 bridgehead atoms. The number of aryl methyl sites for hydroxylation is 1. The fourth-order valence-electron chi connectivity index (χ4n) is 2.43. The highest BCUT2D eigenvalue weighted by Gasteiger charge is 2.30. The Morgan fingerprint density at radius 1 is 1.20 bits per heavy atom. The first-order valence-electron chi connectivity index (χ1n) is 8.02. The first-order chi connectivity index (χ1) is 11.6. The molecule has 0 unspecified atom stereocenters. The van der Waals surface area contributed by atoms with E-state index in [0.29, 0.717) is 12.1 Å². The predicted octanol–water partition coefficient (Wildman–Crippen LogP) is 4.18. The first-order valence-corrected chi connectivity index (χ1v) is 9.80. The number of thioether (sulfide) groups is 1. The molecule has 0 aromatic heterocycles. The van der Waals surface area contributed by atoms with Crippen LogP contribution >= 0.6 is 27.7 Å². The van der Waals surface area contributed by atoms with E-state index in [2.05, 4.69) is 15.9 Å². The average molecular weight is 430 g/mol. The van der Waals surface area contributed by atoms with Gasteiger partial charge in [0.2, 0.25) is 5.91 Å². The van der Waals surface area contributed by atoms with Crippen LogP contribution in [0.1, 0.15) is 38.3 Å². The van der Waals surface area contributed by atoms with Crippen LogP contribution in [0.15, 0.2) is 16.6 Å². The maximum Gasteiger partial charge on any atom is 0.326 e. The van der Waals surface area contributed by atoms with Crippen molar-refractivity contribution in [3.63, 3.8) is 0 Å². The number of anilines is 1. The number of hydrogen-bond acceptors (Lipinski definition) is 4. The minimum absolute atomic E-state index is 0.0611. The second-order valence-corrected chi connectivity index (χ2v) is 8.26. The Balaban J connectivity index is 3.15. The molecule has 0 saturated carbocycles. The van der Waals surface area contributed by atoms with Gasteiger partial charge in [-0.1, -0.05) is 47.6 Å². The molecule has 0 fully saturated rings. The zero-order chi connectivity index (χ0) is 19.3. The molecular formula is C18H24BrNO4S. The standard InChI is InChI=1S/C18H24BrNO4S/c1-10(2)8-16(22)25-9-15(21)20(13(5)18(23)24)17-11(3)6-7-14(19)12(17)4/h6-7,10,13H,8-9H2,1-5H3,(H,23,24)/t13-/m0/s1. The molecule has 1 aromatic rings. The van der Waals surface area contributed by atoms with E-state index in [0.717, 1.165) is 27.4 Å². The SMILES string of the molecule is Cc1ccc(Br)c(C)c1N(C(=O)CSC(=O)CC(C)C)[C@@H](C)C(=O)O. The molecule has 138 valence electrons. The molecule has 1 rings (SSSR count). The number of halogens is 1. The summed E-state index contributed by atoms with van der Waals surface area (Å²) >= 11 is 4.37. The van der Waals surface area contributed by atoms with Crippen LogP contribution < -0.4 is 4.90 Å². The zero-order valence-electron chi connectivity index (χ0n) is 15.1. The Kier molecular flexibility index (Phi) is 8.15. The third-order valence-corrected chi connectivity index (χ3v) is 5.49. The van der Waals surface area contributed by atoms with Crippen molar-refractivity contribution in [2.75, 3.05) is 10.7 Å². The van der Waals surface area contributed by atoms with Crippen molar-refractivity contribution in [1.29, 1.82) is 0 Å².